The maximum absolute atomic E-state index is 12.6. The molecule has 0 radical (unpaired) electrons. The van der Waals surface area contributed by atoms with Crippen LogP contribution in [0.5, 0.6) is 0 Å². The third-order valence-corrected chi connectivity index (χ3v) is 6.03. The summed E-state index contributed by atoms with van der Waals surface area (Å²) in [4.78, 5) is 0.278. The molecule has 0 saturated heterocycles. The van der Waals surface area contributed by atoms with Gasteiger partial charge in [-0.2, -0.15) is 9.40 Å². The number of aromatic nitrogens is 2. The first-order chi connectivity index (χ1) is 9.55. The predicted molar refractivity (Wildman–Crippen MR) is 79.4 cm³/mol. The minimum Gasteiger partial charge on any atom is -0.271 e. The molecule has 0 aliphatic heterocycles. The first-order valence-corrected chi connectivity index (χ1v) is 9.09. The van der Waals surface area contributed by atoms with Crippen molar-refractivity contribution in [2.75, 3.05) is 12.9 Å². The van der Waals surface area contributed by atoms with Crippen molar-refractivity contribution in [1.29, 1.82) is 0 Å². The molecule has 0 spiro atoms. The fourth-order valence-corrected chi connectivity index (χ4v) is 4.12. The van der Waals surface area contributed by atoms with E-state index in [0.717, 1.165) is 32.1 Å². The lowest BCUT2D eigenvalue weighted by atomic mass is 9.96. The summed E-state index contributed by atoms with van der Waals surface area (Å²) in [5.41, 5.74) is 0. The third kappa shape index (κ3) is 3.54. The molecule has 0 atom stereocenters. The molecule has 1 fully saturated rings. The van der Waals surface area contributed by atoms with Crippen molar-refractivity contribution >= 4 is 21.6 Å². The van der Waals surface area contributed by atoms with E-state index >= 15 is 0 Å². The number of hydrogen-bond acceptors (Lipinski definition) is 3. The number of alkyl halides is 1. The topological polar surface area (TPSA) is 55.2 Å². The Morgan fingerprint density at radius 3 is 2.75 bits per heavy atom. The van der Waals surface area contributed by atoms with E-state index in [1.165, 1.54) is 16.9 Å². The van der Waals surface area contributed by atoms with Gasteiger partial charge in [-0.05, 0) is 19.3 Å². The van der Waals surface area contributed by atoms with Crippen molar-refractivity contribution in [3.63, 3.8) is 0 Å². The molecule has 1 heterocycles. The van der Waals surface area contributed by atoms with Crippen LogP contribution in [0.15, 0.2) is 17.3 Å². The average molecular weight is 320 g/mol. The molecule has 0 N–H and O–H groups in total. The highest BCUT2D eigenvalue weighted by Crippen LogP contribution is 2.26. The normalized spacial score (nSPS) is 17.8. The van der Waals surface area contributed by atoms with Crippen LogP contribution in [-0.2, 0) is 16.6 Å². The molecule has 5 nitrogen and oxygen atoms in total. The van der Waals surface area contributed by atoms with Crippen molar-refractivity contribution in [3.05, 3.63) is 12.4 Å². The molecule has 2 rings (SSSR count). The second-order valence-corrected chi connectivity index (χ2v) is 7.67. The Hall–Kier alpha value is -0.590. The Labute approximate surface area is 126 Å². The number of halogens is 1. The number of nitrogens with zero attached hydrogens (tertiary/aromatic N) is 3. The van der Waals surface area contributed by atoms with Gasteiger partial charge in [0.05, 0.1) is 6.20 Å². The van der Waals surface area contributed by atoms with Crippen LogP contribution < -0.4 is 0 Å². The average Bonchev–Trinajstić information content (AvgIpc) is 2.94. The Bertz CT molecular complexity index is 523. The molecular formula is C13H22ClN3O2S. The van der Waals surface area contributed by atoms with Crippen LogP contribution in [-0.4, -0.2) is 41.5 Å². The molecule has 1 saturated carbocycles. The van der Waals surface area contributed by atoms with Gasteiger partial charge in [-0.3, -0.25) is 4.68 Å². The number of hydrogen-bond donors (Lipinski definition) is 0. The predicted octanol–water partition coefficient (Wildman–Crippen LogP) is 2.47. The zero-order valence-corrected chi connectivity index (χ0v) is 13.4. The van der Waals surface area contributed by atoms with Crippen molar-refractivity contribution in [2.24, 2.45) is 0 Å². The molecule has 20 heavy (non-hydrogen) atoms. The van der Waals surface area contributed by atoms with Crippen LogP contribution in [0.2, 0.25) is 0 Å². The van der Waals surface area contributed by atoms with Crippen LogP contribution in [0.3, 0.4) is 0 Å². The number of aryl methyl sites for hydroxylation is 1. The lowest BCUT2D eigenvalue weighted by Crippen LogP contribution is -2.38. The Morgan fingerprint density at radius 1 is 1.40 bits per heavy atom. The standard InChI is InChI=1S/C13H22ClN3O2S/c1-16(12-6-3-2-4-7-12)20(18,19)13-10-15-17(11-13)9-5-8-14/h10-12H,2-9H2,1H3. The van der Waals surface area contributed by atoms with Crippen LogP contribution in [0, 0.1) is 0 Å². The summed E-state index contributed by atoms with van der Waals surface area (Å²) in [5.74, 6) is 0.546. The van der Waals surface area contributed by atoms with Gasteiger partial charge in [0.1, 0.15) is 4.90 Å². The number of rotatable bonds is 6. The molecule has 1 aromatic rings. The van der Waals surface area contributed by atoms with E-state index in [1.807, 2.05) is 0 Å². The fourth-order valence-electron chi connectivity index (χ4n) is 2.63. The van der Waals surface area contributed by atoms with Gasteiger partial charge in [0, 0.05) is 31.7 Å². The zero-order chi connectivity index (χ0) is 14.6. The maximum atomic E-state index is 12.6. The fraction of sp³-hybridized carbons (Fsp3) is 0.769. The van der Waals surface area contributed by atoms with Gasteiger partial charge in [0.15, 0.2) is 0 Å². The van der Waals surface area contributed by atoms with Gasteiger partial charge in [-0.25, -0.2) is 8.42 Å². The minimum absolute atomic E-state index is 0.125. The van der Waals surface area contributed by atoms with Gasteiger partial charge in [0.2, 0.25) is 10.0 Å². The smallest absolute Gasteiger partial charge is 0.246 e. The third-order valence-electron chi connectivity index (χ3n) is 3.90. The van der Waals surface area contributed by atoms with E-state index in [-0.39, 0.29) is 10.9 Å². The molecule has 0 amide bonds. The Morgan fingerprint density at radius 2 is 2.10 bits per heavy atom. The van der Waals surface area contributed by atoms with Crippen LogP contribution >= 0.6 is 11.6 Å². The SMILES string of the molecule is CN(C1CCCCC1)S(=O)(=O)c1cnn(CCCCl)c1. The zero-order valence-electron chi connectivity index (χ0n) is 11.8. The summed E-state index contributed by atoms with van der Waals surface area (Å²) in [6.45, 7) is 0.645. The molecule has 1 aromatic heterocycles. The molecule has 1 aliphatic carbocycles. The second kappa shape index (κ2) is 6.91. The first-order valence-electron chi connectivity index (χ1n) is 7.12. The van der Waals surface area contributed by atoms with E-state index in [0.29, 0.717) is 12.4 Å². The monoisotopic (exact) mass is 319 g/mol. The van der Waals surface area contributed by atoms with Gasteiger partial charge in [-0.1, -0.05) is 19.3 Å². The summed E-state index contributed by atoms with van der Waals surface area (Å²) in [7, 11) is -1.74. The Balaban J connectivity index is 2.10. The largest absolute Gasteiger partial charge is 0.271 e. The van der Waals surface area contributed by atoms with Crippen molar-refractivity contribution in [3.8, 4) is 0 Å². The first kappa shape index (κ1) is 15.8. The van der Waals surface area contributed by atoms with Crippen molar-refractivity contribution < 1.29 is 8.42 Å². The van der Waals surface area contributed by atoms with Gasteiger partial charge in [0.25, 0.3) is 0 Å². The lowest BCUT2D eigenvalue weighted by molar-refractivity contribution is 0.286. The summed E-state index contributed by atoms with van der Waals surface area (Å²) in [6, 6.07) is 0.125. The van der Waals surface area contributed by atoms with Gasteiger partial charge < -0.3 is 0 Å². The van der Waals surface area contributed by atoms with Crippen LogP contribution in [0.1, 0.15) is 38.5 Å². The molecule has 0 aromatic carbocycles. The maximum Gasteiger partial charge on any atom is 0.246 e. The highest BCUT2D eigenvalue weighted by Gasteiger charge is 2.29. The highest BCUT2D eigenvalue weighted by atomic mass is 35.5. The summed E-state index contributed by atoms with van der Waals surface area (Å²) >= 11 is 5.63. The molecule has 0 unspecified atom stereocenters. The van der Waals surface area contributed by atoms with Crippen molar-refractivity contribution in [1.82, 2.24) is 14.1 Å². The van der Waals surface area contributed by atoms with Gasteiger partial charge in [-0.15, -0.1) is 11.6 Å². The summed E-state index contributed by atoms with van der Waals surface area (Å²) < 4.78 is 28.3. The second-order valence-electron chi connectivity index (χ2n) is 5.29. The van der Waals surface area contributed by atoms with E-state index in [1.54, 1.807) is 17.9 Å². The quantitative estimate of drug-likeness (QED) is 0.757. The van der Waals surface area contributed by atoms with E-state index in [9.17, 15) is 8.42 Å². The molecule has 114 valence electrons. The van der Waals surface area contributed by atoms with Gasteiger partial charge >= 0.3 is 0 Å². The minimum atomic E-state index is -3.43. The van der Waals surface area contributed by atoms with Crippen LogP contribution in [0.4, 0.5) is 0 Å². The number of sulfonamides is 1. The molecule has 0 bridgehead atoms. The lowest BCUT2D eigenvalue weighted by Gasteiger charge is -2.29. The molecule has 7 heteroatoms. The van der Waals surface area contributed by atoms with E-state index < -0.39 is 10.0 Å². The van der Waals surface area contributed by atoms with Crippen LogP contribution in [0.25, 0.3) is 0 Å². The van der Waals surface area contributed by atoms with E-state index in [2.05, 4.69) is 5.10 Å². The van der Waals surface area contributed by atoms with Crippen molar-refractivity contribution in [2.45, 2.75) is 56.0 Å². The summed E-state index contributed by atoms with van der Waals surface area (Å²) in [5, 5.41) is 4.10. The summed E-state index contributed by atoms with van der Waals surface area (Å²) in [6.07, 6.45) is 9.15. The molecular weight excluding hydrogens is 298 g/mol. The molecule has 1 aliphatic rings. The van der Waals surface area contributed by atoms with E-state index in [4.69, 9.17) is 11.6 Å². The highest BCUT2D eigenvalue weighted by molar-refractivity contribution is 7.89. The Kier molecular flexibility index (Phi) is 5.46.